The molecule has 0 heterocycles. The Hall–Kier alpha value is -1.33. The minimum Gasteiger partial charge on any atom is -0.378 e. The molecule has 124 valence electrons. The summed E-state index contributed by atoms with van der Waals surface area (Å²) in [6.45, 7) is 3.89. The summed E-state index contributed by atoms with van der Waals surface area (Å²) in [4.78, 5) is 11.8. The fraction of sp³-hybridized carbons (Fsp3) is 0.667. The lowest BCUT2D eigenvalue weighted by atomic mass is 9.48. The van der Waals surface area contributed by atoms with E-state index in [-0.39, 0.29) is 5.41 Å². The lowest BCUT2D eigenvalue weighted by Crippen LogP contribution is -2.51. The van der Waals surface area contributed by atoms with Crippen LogP contribution in [-0.2, 0) is 4.79 Å². The Morgan fingerprint density at radius 1 is 1.35 bits per heavy atom. The summed E-state index contributed by atoms with van der Waals surface area (Å²) < 4.78 is 0. The summed E-state index contributed by atoms with van der Waals surface area (Å²) in [5, 5.41) is 10.8. The summed E-state index contributed by atoms with van der Waals surface area (Å²) in [5.74, 6) is 7.32. The number of fused-ring (bicyclic) bond motifs is 3. The van der Waals surface area contributed by atoms with Crippen molar-refractivity contribution >= 4 is 5.78 Å². The van der Waals surface area contributed by atoms with Crippen molar-refractivity contribution in [2.45, 2.75) is 70.8 Å². The number of hydrogen-bond acceptors (Lipinski definition) is 2. The van der Waals surface area contributed by atoms with E-state index in [9.17, 15) is 9.90 Å². The number of rotatable bonds is 2. The number of allylic oxidation sites excluding steroid dienone is 4. The number of hydrogen-bond donors (Lipinski definition) is 1. The van der Waals surface area contributed by atoms with Crippen LogP contribution in [0.1, 0.15) is 65.2 Å². The van der Waals surface area contributed by atoms with E-state index in [1.165, 1.54) is 5.57 Å². The highest BCUT2D eigenvalue weighted by atomic mass is 16.3. The van der Waals surface area contributed by atoms with Gasteiger partial charge in [-0.05, 0) is 82.1 Å². The van der Waals surface area contributed by atoms with Crippen LogP contribution in [0.4, 0.5) is 0 Å². The van der Waals surface area contributed by atoms with Crippen molar-refractivity contribution in [2.24, 2.45) is 17.3 Å². The first-order chi connectivity index (χ1) is 11.0. The van der Waals surface area contributed by atoms with Gasteiger partial charge in [0.25, 0.3) is 0 Å². The summed E-state index contributed by atoms with van der Waals surface area (Å²) >= 11 is 0. The molecule has 1 N–H and O–H groups in total. The van der Waals surface area contributed by atoms with Gasteiger partial charge < -0.3 is 5.11 Å². The highest BCUT2D eigenvalue weighted by Gasteiger charge is 2.54. The minimum atomic E-state index is -0.801. The third-order valence-electron chi connectivity index (χ3n) is 6.44. The maximum absolute atomic E-state index is 11.8. The molecule has 2 nitrogen and oxygen atoms in total. The fourth-order valence-electron chi connectivity index (χ4n) is 5.39. The Labute approximate surface area is 140 Å². The second-order valence-electron chi connectivity index (χ2n) is 7.63. The molecular weight excluding hydrogens is 284 g/mol. The topological polar surface area (TPSA) is 37.3 Å². The van der Waals surface area contributed by atoms with Crippen LogP contribution in [0.25, 0.3) is 0 Å². The third-order valence-corrected chi connectivity index (χ3v) is 6.44. The highest BCUT2D eigenvalue weighted by molar-refractivity contribution is 5.91. The zero-order valence-corrected chi connectivity index (χ0v) is 14.4. The van der Waals surface area contributed by atoms with E-state index in [0.29, 0.717) is 24.0 Å². The minimum absolute atomic E-state index is 0.221. The van der Waals surface area contributed by atoms with E-state index in [4.69, 9.17) is 0 Å². The Bertz CT molecular complexity index is 603. The molecule has 2 heteroatoms. The van der Waals surface area contributed by atoms with Gasteiger partial charge in [-0.15, -0.1) is 5.92 Å². The van der Waals surface area contributed by atoms with E-state index in [2.05, 4.69) is 30.9 Å². The lowest BCUT2D eigenvalue weighted by Gasteiger charge is -2.56. The lowest BCUT2D eigenvalue weighted by molar-refractivity contribution is -0.117. The van der Waals surface area contributed by atoms with Gasteiger partial charge in [0.2, 0.25) is 0 Å². The first kappa shape index (κ1) is 16.5. The average molecular weight is 312 g/mol. The maximum atomic E-state index is 11.8. The maximum Gasteiger partial charge on any atom is 0.155 e. The Balaban J connectivity index is 1.95. The molecule has 2 saturated carbocycles. The van der Waals surface area contributed by atoms with E-state index in [0.717, 1.165) is 44.9 Å². The molecule has 0 aromatic carbocycles. The average Bonchev–Trinajstić information content (AvgIpc) is 2.53. The zero-order chi connectivity index (χ0) is 16.5. The molecule has 0 aromatic heterocycles. The van der Waals surface area contributed by atoms with Gasteiger partial charge in [-0.3, -0.25) is 4.79 Å². The summed E-state index contributed by atoms with van der Waals surface area (Å²) in [5.41, 5.74) is 0.803. The number of carbonyl (C=O) groups is 1. The standard InChI is InChI=1S/C21H28O2/c1-3-5-11-21-13-12-20(23,10-4-2)15-17(21)7-6-16-14-18(22)8-9-19(16)21/h3,5,14,17,19,23H,6-9,11-13,15H2,1-2H3/t17-,19?,20+,21-/m1/s1. The van der Waals surface area contributed by atoms with Gasteiger partial charge >= 0.3 is 0 Å². The van der Waals surface area contributed by atoms with Gasteiger partial charge in [-0.2, -0.15) is 0 Å². The van der Waals surface area contributed by atoms with Crippen molar-refractivity contribution < 1.29 is 9.90 Å². The van der Waals surface area contributed by atoms with Crippen LogP contribution in [0.15, 0.2) is 23.8 Å². The molecule has 1 unspecified atom stereocenters. The number of carbonyl (C=O) groups excluding carboxylic acids is 1. The molecule has 0 radical (unpaired) electrons. The van der Waals surface area contributed by atoms with Gasteiger partial charge in [-0.25, -0.2) is 0 Å². The summed E-state index contributed by atoms with van der Waals surface area (Å²) in [6, 6.07) is 0. The molecule has 0 saturated heterocycles. The molecule has 0 bridgehead atoms. The largest absolute Gasteiger partial charge is 0.378 e. The first-order valence-electron chi connectivity index (χ1n) is 9.04. The molecule has 0 amide bonds. The monoisotopic (exact) mass is 312 g/mol. The molecule has 0 aromatic rings. The first-order valence-corrected chi connectivity index (χ1v) is 9.04. The molecule has 3 aliphatic rings. The van der Waals surface area contributed by atoms with Gasteiger partial charge in [-0.1, -0.05) is 23.6 Å². The van der Waals surface area contributed by atoms with Crippen LogP contribution in [0.3, 0.4) is 0 Å². The van der Waals surface area contributed by atoms with Crippen molar-refractivity contribution in [1.82, 2.24) is 0 Å². The van der Waals surface area contributed by atoms with E-state index in [1.807, 2.05) is 13.0 Å². The Morgan fingerprint density at radius 3 is 2.91 bits per heavy atom. The second-order valence-corrected chi connectivity index (χ2v) is 7.63. The van der Waals surface area contributed by atoms with E-state index < -0.39 is 5.60 Å². The highest BCUT2D eigenvalue weighted by Crippen LogP contribution is 2.61. The van der Waals surface area contributed by atoms with Crippen LogP contribution >= 0.6 is 0 Å². The molecule has 23 heavy (non-hydrogen) atoms. The van der Waals surface area contributed by atoms with Gasteiger partial charge in [0, 0.05) is 6.42 Å². The van der Waals surface area contributed by atoms with Crippen LogP contribution in [0.2, 0.25) is 0 Å². The quantitative estimate of drug-likeness (QED) is 0.613. The van der Waals surface area contributed by atoms with Crippen LogP contribution in [-0.4, -0.2) is 16.5 Å². The predicted molar refractivity (Wildman–Crippen MR) is 92.7 cm³/mol. The zero-order valence-electron chi connectivity index (χ0n) is 14.4. The fourth-order valence-corrected chi connectivity index (χ4v) is 5.39. The van der Waals surface area contributed by atoms with Gasteiger partial charge in [0.05, 0.1) is 0 Å². The molecule has 2 fully saturated rings. The number of ketones is 1. The van der Waals surface area contributed by atoms with Crippen molar-refractivity contribution in [1.29, 1.82) is 0 Å². The Morgan fingerprint density at radius 2 is 2.17 bits per heavy atom. The second kappa shape index (κ2) is 6.29. The van der Waals surface area contributed by atoms with Crippen LogP contribution in [0, 0.1) is 29.1 Å². The number of aliphatic hydroxyl groups is 1. The summed E-state index contributed by atoms with van der Waals surface area (Å²) in [6.07, 6.45) is 13.8. The van der Waals surface area contributed by atoms with Gasteiger partial charge in [0.15, 0.2) is 5.78 Å². The summed E-state index contributed by atoms with van der Waals surface area (Å²) in [7, 11) is 0. The SMILES string of the molecule is CC#C[C@]1(O)CC[C@@]2(CC=CC)C3CCC(=O)C=C3CC[C@@H]2C1. The van der Waals surface area contributed by atoms with Crippen LogP contribution < -0.4 is 0 Å². The van der Waals surface area contributed by atoms with Crippen LogP contribution in [0.5, 0.6) is 0 Å². The van der Waals surface area contributed by atoms with Crippen molar-refractivity contribution in [3.8, 4) is 11.8 Å². The van der Waals surface area contributed by atoms with E-state index >= 15 is 0 Å². The van der Waals surface area contributed by atoms with Crippen molar-refractivity contribution in [3.63, 3.8) is 0 Å². The van der Waals surface area contributed by atoms with E-state index in [1.54, 1.807) is 0 Å². The normalized spacial score (nSPS) is 40.0. The molecule has 0 spiro atoms. The third kappa shape index (κ3) is 2.92. The molecular formula is C21H28O2. The van der Waals surface area contributed by atoms with Gasteiger partial charge in [0.1, 0.15) is 5.60 Å². The molecule has 3 rings (SSSR count). The smallest absolute Gasteiger partial charge is 0.155 e. The predicted octanol–water partition coefficient (Wildman–Crippen LogP) is 4.19. The molecule has 4 atom stereocenters. The molecule has 3 aliphatic carbocycles. The van der Waals surface area contributed by atoms with Crippen molar-refractivity contribution in [2.75, 3.05) is 0 Å². The Kier molecular flexibility index (Phi) is 4.52. The van der Waals surface area contributed by atoms with Crippen molar-refractivity contribution in [3.05, 3.63) is 23.8 Å². The molecule has 0 aliphatic heterocycles.